The SMILES string of the molecule is C.CC.CC.CC.CC.CC.CC.CC.CC.CC.CC.CC.CC.CCC.CCC.CCC.CCC.CCC.CCC.CCC.CCC.c1ccc(-c2cc(-c3ccccn3)nc(-c3ccccn3)c2)cc1.c1ccc(-c2cc(-c3ccccn3)nc(-c3ccccn3)c2)cc1.c1ccc(-c2cc(-c3ccccn3)nc(-c3ccccn3)c2)cc1.c1ccc(-c2cc(-c3ccccn3)nc(-c3ccccn3)c2)cc1. The fourth-order valence-corrected chi connectivity index (χ4v) is 10.5. The molecule has 12 heteroatoms. The fourth-order valence-electron chi connectivity index (χ4n) is 10.5. The first kappa shape index (κ1) is 149. The average Bonchev–Trinajstić information content (AvgIpc) is 0.821. The molecule has 0 aliphatic heterocycles. The van der Waals surface area contributed by atoms with E-state index in [0.29, 0.717) is 0 Å². The van der Waals surface area contributed by atoms with Crippen molar-refractivity contribution in [2.24, 2.45) is 0 Å². The van der Waals surface area contributed by atoms with Crippen LogP contribution in [0.25, 0.3) is 136 Å². The van der Waals surface area contributed by atoms with Gasteiger partial charge in [-0.3, -0.25) is 39.9 Å². The van der Waals surface area contributed by atoms with Crippen molar-refractivity contribution in [3.05, 3.63) is 365 Å². The Bertz CT molecular complexity index is 3980. The molecule has 792 valence electrons. The maximum Gasteiger partial charge on any atom is 0.0900 e. The summed E-state index contributed by atoms with van der Waals surface area (Å²) in [6.45, 7) is 82.0. The number of nitrogens with zero attached hydrogens (tertiary/aromatic N) is 12. The van der Waals surface area contributed by atoms with Gasteiger partial charge in [-0.25, -0.2) is 19.9 Å². The molecule has 0 atom stereocenters. The van der Waals surface area contributed by atoms with Crippen LogP contribution in [-0.4, -0.2) is 59.8 Å². The van der Waals surface area contributed by atoms with Crippen LogP contribution < -0.4 is 0 Å². The molecule has 12 heterocycles. The number of aromatic nitrogens is 12. The number of rotatable bonds is 12. The van der Waals surface area contributed by atoms with Crippen LogP contribution in [0.2, 0.25) is 0 Å². The van der Waals surface area contributed by atoms with Crippen molar-refractivity contribution in [1.82, 2.24) is 59.8 Å². The van der Waals surface area contributed by atoms with Gasteiger partial charge >= 0.3 is 0 Å². The van der Waals surface area contributed by atoms with E-state index in [4.69, 9.17) is 19.9 Å². The Morgan fingerprint density at radius 2 is 0.207 bits per heavy atom. The van der Waals surface area contributed by atoms with Crippen molar-refractivity contribution in [1.29, 1.82) is 0 Å². The standard InChI is InChI=1S/4C21H15N3.8C3H8.12C2H6.CH4/c4*1-2-8-16(9-3-1)17-14-20(18-10-4-6-12-22-18)24-21(15-17)19-11-5-7-13-23-19;8*1-3-2;12*1-2;/h4*1-15H;8*3H2,1-2H3;12*1-2H3;1H4. The highest BCUT2D eigenvalue weighted by atomic mass is 14.8. The van der Waals surface area contributed by atoms with Crippen molar-refractivity contribution in [2.45, 2.75) is 336 Å². The maximum absolute atomic E-state index is 4.77. The molecule has 16 rings (SSSR count). The van der Waals surface area contributed by atoms with Crippen molar-refractivity contribution in [2.75, 3.05) is 0 Å². The van der Waals surface area contributed by atoms with E-state index >= 15 is 0 Å². The van der Waals surface area contributed by atoms with Crippen LogP contribution in [0, 0.1) is 0 Å². The van der Waals surface area contributed by atoms with E-state index in [2.05, 4.69) is 248 Å². The summed E-state index contributed by atoms with van der Waals surface area (Å²) in [6.07, 6.45) is 24.3. The Morgan fingerprint density at radius 1 is 0.117 bits per heavy atom. The summed E-state index contributed by atoms with van der Waals surface area (Å²) in [5.74, 6) is 0. The van der Waals surface area contributed by atoms with Crippen LogP contribution in [0.5, 0.6) is 0 Å². The van der Waals surface area contributed by atoms with E-state index < -0.39 is 0 Å². The predicted octanol–water partition coefficient (Wildman–Crippen LogP) is 43.8. The minimum atomic E-state index is 0. The summed E-state index contributed by atoms with van der Waals surface area (Å²) in [6, 6.07) is 105. The summed E-state index contributed by atoms with van der Waals surface area (Å²) >= 11 is 0. The summed E-state index contributed by atoms with van der Waals surface area (Å²) in [5, 5.41) is 0. The summed E-state index contributed by atoms with van der Waals surface area (Å²) < 4.78 is 0. The quantitative estimate of drug-likeness (QED) is 0.114. The molecule has 145 heavy (non-hydrogen) atoms. The average molecular weight is 1970 g/mol. The normalized spacial score (nSPS) is 8.44. The van der Waals surface area contributed by atoms with Crippen molar-refractivity contribution >= 4 is 0 Å². The second-order valence-corrected chi connectivity index (χ2v) is 27.3. The number of hydrogen-bond donors (Lipinski definition) is 0. The third-order valence-corrected chi connectivity index (χ3v) is 15.1. The van der Waals surface area contributed by atoms with Gasteiger partial charge < -0.3 is 0 Å². The maximum atomic E-state index is 4.77. The lowest BCUT2D eigenvalue weighted by molar-refractivity contribution is 1.09. The van der Waals surface area contributed by atoms with Crippen molar-refractivity contribution in [3.63, 3.8) is 0 Å². The van der Waals surface area contributed by atoms with E-state index in [0.717, 1.165) is 136 Å². The third-order valence-electron chi connectivity index (χ3n) is 15.1. The molecular weight excluding hydrogens is 1770 g/mol. The first-order chi connectivity index (χ1) is 70.9. The Kier molecular flexibility index (Phi) is 118. The Labute approximate surface area is 890 Å². The lowest BCUT2D eigenvalue weighted by atomic mass is 10.0. The van der Waals surface area contributed by atoms with Gasteiger partial charge in [-0.1, -0.05) is 506 Å². The molecule has 4 aromatic carbocycles. The third kappa shape index (κ3) is 67.8. The Balaban J connectivity index is -0.000000212. The van der Waals surface area contributed by atoms with Gasteiger partial charge in [0.15, 0.2) is 0 Å². The zero-order chi connectivity index (χ0) is 110. The van der Waals surface area contributed by atoms with Crippen molar-refractivity contribution < 1.29 is 0 Å². The zero-order valence-electron chi connectivity index (χ0n) is 97.7. The molecule has 0 N–H and O–H groups in total. The van der Waals surface area contributed by atoms with E-state index in [1.165, 1.54) is 51.4 Å². The smallest absolute Gasteiger partial charge is 0.0900 e. The van der Waals surface area contributed by atoms with Crippen LogP contribution in [-0.2, 0) is 0 Å². The lowest BCUT2D eigenvalue weighted by Crippen LogP contribution is -1.93. The first-order valence-corrected chi connectivity index (χ1v) is 54.5. The Morgan fingerprint density at radius 3 is 0.290 bits per heavy atom. The minimum Gasteiger partial charge on any atom is -0.255 e. The second-order valence-electron chi connectivity index (χ2n) is 27.3. The molecule has 0 bridgehead atoms. The highest BCUT2D eigenvalue weighted by Crippen LogP contribution is 2.34. The minimum absolute atomic E-state index is 0. The van der Waals surface area contributed by atoms with Gasteiger partial charge in [-0.2, -0.15) is 0 Å². The lowest BCUT2D eigenvalue weighted by Gasteiger charge is -2.09. The molecule has 0 radical (unpaired) electrons. The number of pyridine rings is 12. The molecule has 0 saturated carbocycles. The van der Waals surface area contributed by atoms with Gasteiger partial charge in [0.1, 0.15) is 0 Å². The highest BCUT2D eigenvalue weighted by molar-refractivity contribution is 5.79. The van der Waals surface area contributed by atoms with E-state index in [1.807, 2.05) is 385 Å². The molecular formula is C133H200N12. The van der Waals surface area contributed by atoms with Gasteiger partial charge in [0.05, 0.1) is 91.1 Å². The molecule has 0 fully saturated rings. The predicted molar refractivity (Wildman–Crippen MR) is 655 cm³/mol. The monoisotopic (exact) mass is 1970 g/mol. The van der Waals surface area contributed by atoms with E-state index in [-0.39, 0.29) is 7.43 Å². The number of hydrogen-bond acceptors (Lipinski definition) is 12. The fraction of sp³-hybridized carbons (Fsp3) is 0.368. The summed E-state index contributed by atoms with van der Waals surface area (Å²) in [7, 11) is 0. The molecule has 12 aromatic heterocycles. The molecule has 0 aliphatic rings. The largest absolute Gasteiger partial charge is 0.255 e. The van der Waals surface area contributed by atoms with Gasteiger partial charge in [0, 0.05) is 49.6 Å². The van der Waals surface area contributed by atoms with E-state index in [9.17, 15) is 0 Å². The van der Waals surface area contributed by atoms with Crippen LogP contribution >= 0.6 is 0 Å². The van der Waals surface area contributed by atoms with Gasteiger partial charge in [0.2, 0.25) is 0 Å². The highest BCUT2D eigenvalue weighted by Gasteiger charge is 2.15. The van der Waals surface area contributed by atoms with E-state index in [1.54, 1.807) is 49.6 Å². The van der Waals surface area contributed by atoms with Gasteiger partial charge in [-0.15, -0.1) is 0 Å². The number of benzene rings is 4. The van der Waals surface area contributed by atoms with Gasteiger partial charge in [0.25, 0.3) is 0 Å². The summed E-state index contributed by atoms with van der Waals surface area (Å²) in [4.78, 5) is 54.6. The molecule has 0 amide bonds. The summed E-state index contributed by atoms with van der Waals surface area (Å²) in [5.41, 5.74) is 22.6. The van der Waals surface area contributed by atoms with Crippen LogP contribution in [0.15, 0.2) is 365 Å². The Hall–Kier alpha value is -13.3. The molecule has 0 unspecified atom stereocenters. The van der Waals surface area contributed by atoms with Crippen molar-refractivity contribution in [3.8, 4) is 136 Å². The van der Waals surface area contributed by atoms with Gasteiger partial charge in [-0.05, 0) is 190 Å². The topological polar surface area (TPSA) is 155 Å². The molecule has 16 aromatic rings. The second kappa shape index (κ2) is 114. The molecule has 12 nitrogen and oxygen atoms in total. The van der Waals surface area contributed by atoms with Crippen LogP contribution in [0.4, 0.5) is 0 Å². The van der Waals surface area contributed by atoms with Crippen LogP contribution in [0.1, 0.15) is 336 Å². The molecule has 0 aliphatic carbocycles. The molecule has 0 saturated heterocycles. The first-order valence-electron chi connectivity index (χ1n) is 54.5. The molecule has 0 spiro atoms. The van der Waals surface area contributed by atoms with Crippen LogP contribution in [0.3, 0.4) is 0 Å². The zero-order valence-corrected chi connectivity index (χ0v) is 97.7.